The van der Waals surface area contributed by atoms with Gasteiger partial charge >= 0.3 is 0 Å². The predicted octanol–water partition coefficient (Wildman–Crippen LogP) is 2.46. The number of aromatic hydroxyl groups is 1. The maximum atomic E-state index is 9.43. The van der Waals surface area contributed by atoms with Crippen LogP contribution in [0.15, 0.2) is 18.2 Å². The third kappa shape index (κ3) is 2.17. The molecule has 0 spiro atoms. The minimum Gasteiger partial charge on any atom is -0.490 e. The van der Waals surface area contributed by atoms with E-state index in [1.54, 1.807) is 18.2 Å². The second kappa shape index (κ2) is 4.23. The summed E-state index contributed by atoms with van der Waals surface area (Å²) in [6.45, 7) is 0. The maximum Gasteiger partial charge on any atom is 0.272 e. The molecular formula is C9H8Cl2N4O2. The molecule has 0 bridgehead atoms. The number of nitrogens with zero attached hydrogens (tertiary/aromatic N) is 2. The minimum atomic E-state index is -0.550. The number of nitrogen functional groups attached to an aromatic ring is 1. The van der Waals surface area contributed by atoms with Gasteiger partial charge < -0.3 is 21.4 Å². The number of halogens is 2. The van der Waals surface area contributed by atoms with Crippen molar-refractivity contribution in [1.82, 2.24) is 9.71 Å². The van der Waals surface area contributed by atoms with Crippen molar-refractivity contribution in [1.29, 1.82) is 0 Å². The second-order valence-electron chi connectivity index (χ2n) is 3.21. The second-order valence-corrected chi connectivity index (χ2v) is 4.05. The van der Waals surface area contributed by atoms with Crippen molar-refractivity contribution in [3.8, 4) is 5.88 Å². The Morgan fingerprint density at radius 1 is 1.35 bits per heavy atom. The van der Waals surface area contributed by atoms with Crippen LogP contribution in [0.3, 0.4) is 0 Å². The quantitative estimate of drug-likeness (QED) is 0.631. The van der Waals surface area contributed by atoms with Crippen LogP contribution in [0.4, 0.5) is 17.5 Å². The van der Waals surface area contributed by atoms with E-state index in [0.29, 0.717) is 20.5 Å². The Hall–Kier alpha value is -1.79. The highest BCUT2D eigenvalue weighted by Crippen LogP contribution is 2.30. The van der Waals surface area contributed by atoms with Crippen molar-refractivity contribution < 1.29 is 10.3 Å². The predicted molar refractivity (Wildman–Crippen MR) is 65.2 cm³/mol. The van der Waals surface area contributed by atoms with E-state index in [-0.39, 0.29) is 11.8 Å². The summed E-state index contributed by atoms with van der Waals surface area (Å²) in [5, 5.41) is 22.2. The summed E-state index contributed by atoms with van der Waals surface area (Å²) in [4.78, 5) is 3.70. The van der Waals surface area contributed by atoms with Gasteiger partial charge in [0.2, 0.25) is 5.95 Å². The molecule has 0 radical (unpaired) electrons. The number of benzene rings is 1. The van der Waals surface area contributed by atoms with Gasteiger partial charge in [0.1, 0.15) is 0 Å². The fourth-order valence-electron chi connectivity index (χ4n) is 1.21. The first kappa shape index (κ1) is 11.7. The molecule has 0 unspecified atom stereocenters. The molecule has 1 aromatic heterocycles. The van der Waals surface area contributed by atoms with Crippen molar-refractivity contribution in [3.05, 3.63) is 28.2 Å². The highest BCUT2D eigenvalue weighted by Gasteiger charge is 2.14. The van der Waals surface area contributed by atoms with E-state index in [1.165, 1.54) is 0 Å². The van der Waals surface area contributed by atoms with Crippen molar-refractivity contribution in [2.45, 2.75) is 0 Å². The highest BCUT2D eigenvalue weighted by atomic mass is 35.5. The summed E-state index contributed by atoms with van der Waals surface area (Å²) in [6.07, 6.45) is 0. The van der Waals surface area contributed by atoms with Crippen LogP contribution in [0.25, 0.3) is 0 Å². The molecule has 8 heteroatoms. The van der Waals surface area contributed by atoms with E-state index in [4.69, 9.17) is 28.9 Å². The molecule has 0 aliphatic rings. The minimum absolute atomic E-state index is 0.0656. The molecule has 90 valence electrons. The van der Waals surface area contributed by atoms with Crippen molar-refractivity contribution in [3.63, 3.8) is 0 Å². The van der Waals surface area contributed by atoms with Gasteiger partial charge in [-0.15, -0.1) is 4.73 Å². The Morgan fingerprint density at radius 3 is 2.65 bits per heavy atom. The average molecular weight is 275 g/mol. The zero-order valence-electron chi connectivity index (χ0n) is 8.35. The molecule has 0 aliphatic carbocycles. The van der Waals surface area contributed by atoms with Crippen LogP contribution in [0.5, 0.6) is 5.88 Å². The number of hydrogen-bond donors (Lipinski definition) is 4. The Bertz CT molecular complexity index is 570. The Kier molecular flexibility index (Phi) is 2.91. The monoisotopic (exact) mass is 274 g/mol. The molecule has 0 fully saturated rings. The van der Waals surface area contributed by atoms with E-state index in [0.717, 1.165) is 0 Å². The third-order valence-corrected chi connectivity index (χ3v) is 2.60. The Morgan fingerprint density at radius 2 is 2.06 bits per heavy atom. The average Bonchev–Trinajstić information content (AvgIpc) is 2.52. The summed E-state index contributed by atoms with van der Waals surface area (Å²) in [5.41, 5.74) is 5.75. The molecule has 2 aromatic rings. The fourth-order valence-corrected chi connectivity index (χ4v) is 1.55. The van der Waals surface area contributed by atoms with E-state index in [9.17, 15) is 10.3 Å². The number of anilines is 3. The molecule has 17 heavy (non-hydrogen) atoms. The zero-order valence-corrected chi connectivity index (χ0v) is 9.87. The van der Waals surface area contributed by atoms with E-state index in [1.807, 2.05) is 0 Å². The number of nitrogens with two attached hydrogens (primary N) is 1. The normalized spacial score (nSPS) is 10.5. The lowest BCUT2D eigenvalue weighted by atomic mass is 10.3. The lowest BCUT2D eigenvalue weighted by Gasteiger charge is -2.07. The number of nitrogens with one attached hydrogen (secondary N) is 1. The van der Waals surface area contributed by atoms with Crippen LogP contribution in [0, 0.1) is 0 Å². The lowest BCUT2D eigenvalue weighted by molar-refractivity contribution is 0.161. The van der Waals surface area contributed by atoms with Crippen molar-refractivity contribution in [2.24, 2.45) is 0 Å². The fraction of sp³-hybridized carbons (Fsp3) is 0. The SMILES string of the molecule is Nc1nc(Nc2cc(Cl)ccc2Cl)n(O)c1O. The van der Waals surface area contributed by atoms with Gasteiger partial charge in [0.05, 0.1) is 10.7 Å². The van der Waals surface area contributed by atoms with Crippen LogP contribution in [-0.4, -0.2) is 20.0 Å². The maximum absolute atomic E-state index is 9.43. The molecule has 0 atom stereocenters. The molecule has 5 N–H and O–H groups in total. The zero-order chi connectivity index (χ0) is 12.6. The standard InChI is InChI=1S/C9H8Cl2N4O2/c10-4-1-2-5(11)6(3-4)13-9-14-7(12)8(16)15(9)17/h1-3,16-17H,12H2,(H,13,14). The first-order valence-corrected chi connectivity index (χ1v) is 5.23. The molecule has 6 nitrogen and oxygen atoms in total. The molecule has 0 amide bonds. The van der Waals surface area contributed by atoms with E-state index < -0.39 is 5.88 Å². The van der Waals surface area contributed by atoms with Crippen molar-refractivity contribution in [2.75, 3.05) is 11.1 Å². The summed E-state index contributed by atoms with van der Waals surface area (Å²) in [7, 11) is 0. The van der Waals surface area contributed by atoms with Gasteiger partial charge in [-0.05, 0) is 18.2 Å². The largest absolute Gasteiger partial charge is 0.490 e. The molecule has 0 aliphatic heterocycles. The van der Waals surface area contributed by atoms with Crippen LogP contribution in [0.2, 0.25) is 10.0 Å². The summed E-state index contributed by atoms with van der Waals surface area (Å²) in [6, 6.07) is 4.75. The number of hydrogen-bond acceptors (Lipinski definition) is 5. The highest BCUT2D eigenvalue weighted by molar-refractivity contribution is 6.35. The van der Waals surface area contributed by atoms with Gasteiger partial charge in [-0.1, -0.05) is 23.2 Å². The molecule has 1 heterocycles. The first-order valence-electron chi connectivity index (χ1n) is 4.47. The van der Waals surface area contributed by atoms with Gasteiger partial charge in [-0.2, -0.15) is 4.98 Å². The van der Waals surface area contributed by atoms with Crippen LogP contribution >= 0.6 is 23.2 Å². The summed E-state index contributed by atoms with van der Waals surface area (Å²) < 4.78 is 0.409. The van der Waals surface area contributed by atoms with E-state index >= 15 is 0 Å². The lowest BCUT2D eigenvalue weighted by Crippen LogP contribution is -2.00. The number of imidazole rings is 1. The van der Waals surface area contributed by atoms with E-state index in [2.05, 4.69) is 10.3 Å². The van der Waals surface area contributed by atoms with Crippen LogP contribution in [-0.2, 0) is 0 Å². The third-order valence-electron chi connectivity index (χ3n) is 2.03. The van der Waals surface area contributed by atoms with Crippen LogP contribution in [0.1, 0.15) is 0 Å². The topological polar surface area (TPSA) is 96.3 Å². The van der Waals surface area contributed by atoms with Gasteiger partial charge in [0, 0.05) is 5.02 Å². The first-order chi connectivity index (χ1) is 7.99. The number of rotatable bonds is 2. The Labute approximate surface area is 106 Å². The molecule has 2 rings (SSSR count). The summed E-state index contributed by atoms with van der Waals surface area (Å²) >= 11 is 11.7. The number of aromatic nitrogens is 2. The molecular weight excluding hydrogens is 267 g/mol. The molecule has 1 aromatic carbocycles. The summed E-state index contributed by atoms with van der Waals surface area (Å²) in [5.74, 6) is -0.817. The van der Waals surface area contributed by atoms with Gasteiger partial charge in [-0.25, -0.2) is 0 Å². The smallest absolute Gasteiger partial charge is 0.272 e. The molecule has 0 saturated heterocycles. The Balaban J connectivity index is 2.37. The van der Waals surface area contributed by atoms with Gasteiger partial charge in [-0.3, -0.25) is 0 Å². The van der Waals surface area contributed by atoms with Crippen molar-refractivity contribution >= 4 is 40.7 Å². The van der Waals surface area contributed by atoms with Gasteiger partial charge in [0.25, 0.3) is 5.88 Å². The van der Waals surface area contributed by atoms with Crippen LogP contribution < -0.4 is 11.1 Å². The molecule has 0 saturated carbocycles. The van der Waals surface area contributed by atoms with Gasteiger partial charge in [0.15, 0.2) is 5.82 Å².